The van der Waals surface area contributed by atoms with Crippen LogP contribution in [0.25, 0.3) is 0 Å². The lowest BCUT2D eigenvalue weighted by Crippen LogP contribution is -2.51. The smallest absolute Gasteiger partial charge is 0.134 e. The van der Waals surface area contributed by atoms with Crippen molar-refractivity contribution in [3.8, 4) is 0 Å². The van der Waals surface area contributed by atoms with Gasteiger partial charge in [0.1, 0.15) is 5.78 Å². The van der Waals surface area contributed by atoms with Gasteiger partial charge in [-0.1, -0.05) is 0 Å². The number of hydrogen-bond acceptors (Lipinski definition) is 3. The van der Waals surface area contributed by atoms with Gasteiger partial charge in [-0.05, 0) is 26.7 Å². The number of nitrogens with zero attached hydrogens (tertiary/aromatic N) is 1. The van der Waals surface area contributed by atoms with Crippen molar-refractivity contribution >= 4 is 5.78 Å². The standard InChI is InChI=1S/C12H21NO2/c1-9-7-13(8-10(2)15-9)11-4-3-5-12(14)6-11/h9-11H,3-8H2,1-2H3/t9-,10+,11?. The number of hydrogen-bond donors (Lipinski definition) is 0. The molecule has 1 saturated carbocycles. The molecule has 3 heteroatoms. The average molecular weight is 211 g/mol. The van der Waals surface area contributed by atoms with E-state index in [1.807, 2.05) is 0 Å². The molecule has 3 nitrogen and oxygen atoms in total. The van der Waals surface area contributed by atoms with E-state index in [1.165, 1.54) is 6.42 Å². The van der Waals surface area contributed by atoms with E-state index in [9.17, 15) is 4.79 Å². The SMILES string of the molecule is C[C@@H]1CN(C2CCCC(=O)C2)C[C@H](C)O1. The first-order valence-corrected chi connectivity index (χ1v) is 6.06. The molecule has 2 fully saturated rings. The van der Waals surface area contributed by atoms with Crippen LogP contribution in [0.5, 0.6) is 0 Å². The topological polar surface area (TPSA) is 29.5 Å². The second kappa shape index (κ2) is 4.62. The Morgan fingerprint density at radius 2 is 1.93 bits per heavy atom. The molecular formula is C12H21NO2. The molecule has 1 unspecified atom stereocenters. The molecule has 0 bridgehead atoms. The van der Waals surface area contributed by atoms with E-state index < -0.39 is 0 Å². The van der Waals surface area contributed by atoms with Crippen LogP contribution in [-0.2, 0) is 9.53 Å². The summed E-state index contributed by atoms with van der Waals surface area (Å²) in [6.45, 7) is 6.21. The highest BCUT2D eigenvalue weighted by Crippen LogP contribution is 2.23. The molecule has 1 heterocycles. The lowest BCUT2D eigenvalue weighted by atomic mass is 9.92. The summed E-state index contributed by atoms with van der Waals surface area (Å²) in [4.78, 5) is 13.9. The Bertz CT molecular complexity index is 232. The Morgan fingerprint density at radius 3 is 2.53 bits per heavy atom. The van der Waals surface area contributed by atoms with Crippen molar-refractivity contribution in [3.63, 3.8) is 0 Å². The van der Waals surface area contributed by atoms with Crippen molar-refractivity contribution in [2.75, 3.05) is 13.1 Å². The molecule has 0 amide bonds. The van der Waals surface area contributed by atoms with Gasteiger partial charge in [-0.3, -0.25) is 9.69 Å². The van der Waals surface area contributed by atoms with Gasteiger partial charge in [0, 0.05) is 32.0 Å². The van der Waals surface area contributed by atoms with E-state index in [-0.39, 0.29) is 0 Å². The molecule has 0 radical (unpaired) electrons. The lowest BCUT2D eigenvalue weighted by Gasteiger charge is -2.41. The van der Waals surface area contributed by atoms with Crippen LogP contribution in [0.1, 0.15) is 39.5 Å². The van der Waals surface area contributed by atoms with Gasteiger partial charge in [-0.2, -0.15) is 0 Å². The van der Waals surface area contributed by atoms with E-state index in [2.05, 4.69) is 18.7 Å². The molecule has 2 aliphatic rings. The summed E-state index contributed by atoms with van der Waals surface area (Å²) in [6, 6.07) is 0.486. The van der Waals surface area contributed by atoms with Gasteiger partial charge >= 0.3 is 0 Å². The molecule has 15 heavy (non-hydrogen) atoms. The Labute approximate surface area is 91.8 Å². The van der Waals surface area contributed by atoms with Crippen LogP contribution >= 0.6 is 0 Å². The number of rotatable bonds is 1. The number of ether oxygens (including phenoxy) is 1. The van der Waals surface area contributed by atoms with Crippen LogP contribution in [-0.4, -0.2) is 42.0 Å². The van der Waals surface area contributed by atoms with Crippen molar-refractivity contribution in [2.24, 2.45) is 0 Å². The first-order chi connectivity index (χ1) is 7.15. The van der Waals surface area contributed by atoms with Crippen LogP contribution < -0.4 is 0 Å². The molecule has 0 N–H and O–H groups in total. The maximum atomic E-state index is 11.4. The molecule has 1 aliphatic heterocycles. The van der Waals surface area contributed by atoms with Gasteiger partial charge in [-0.25, -0.2) is 0 Å². The third-order valence-corrected chi connectivity index (χ3v) is 3.42. The lowest BCUT2D eigenvalue weighted by molar-refractivity contribution is -0.125. The van der Waals surface area contributed by atoms with Crippen LogP contribution in [0, 0.1) is 0 Å². The number of ketones is 1. The number of carbonyl (C=O) groups is 1. The summed E-state index contributed by atoms with van der Waals surface area (Å²) in [6.07, 6.45) is 4.44. The number of morpholine rings is 1. The molecular weight excluding hydrogens is 190 g/mol. The Morgan fingerprint density at radius 1 is 1.27 bits per heavy atom. The molecule has 1 aliphatic carbocycles. The van der Waals surface area contributed by atoms with Gasteiger partial charge in [0.25, 0.3) is 0 Å². The summed E-state index contributed by atoms with van der Waals surface area (Å²) < 4.78 is 5.71. The van der Waals surface area contributed by atoms with Crippen LogP contribution in [0.4, 0.5) is 0 Å². The minimum atomic E-state index is 0.311. The predicted molar refractivity (Wildman–Crippen MR) is 58.8 cm³/mol. The molecule has 1 saturated heterocycles. The maximum absolute atomic E-state index is 11.4. The third kappa shape index (κ3) is 2.79. The van der Waals surface area contributed by atoms with Crippen molar-refractivity contribution < 1.29 is 9.53 Å². The average Bonchev–Trinajstić information content (AvgIpc) is 2.16. The summed E-state index contributed by atoms with van der Waals surface area (Å²) >= 11 is 0. The maximum Gasteiger partial charge on any atom is 0.134 e. The minimum absolute atomic E-state index is 0.311. The van der Waals surface area contributed by atoms with Crippen molar-refractivity contribution in [3.05, 3.63) is 0 Å². The summed E-state index contributed by atoms with van der Waals surface area (Å²) in [7, 11) is 0. The summed E-state index contributed by atoms with van der Waals surface area (Å²) in [5, 5.41) is 0. The van der Waals surface area contributed by atoms with E-state index in [0.29, 0.717) is 24.0 Å². The third-order valence-electron chi connectivity index (χ3n) is 3.42. The fourth-order valence-electron chi connectivity index (χ4n) is 2.83. The van der Waals surface area contributed by atoms with Gasteiger partial charge in [0.05, 0.1) is 12.2 Å². The highest BCUT2D eigenvalue weighted by atomic mass is 16.5. The highest BCUT2D eigenvalue weighted by Gasteiger charge is 2.30. The highest BCUT2D eigenvalue weighted by molar-refractivity contribution is 5.79. The quantitative estimate of drug-likeness (QED) is 0.660. The second-order valence-corrected chi connectivity index (χ2v) is 5.00. The molecule has 0 aromatic rings. The van der Waals surface area contributed by atoms with E-state index in [4.69, 9.17) is 4.74 Å². The largest absolute Gasteiger partial charge is 0.373 e. The van der Waals surface area contributed by atoms with Gasteiger partial charge in [-0.15, -0.1) is 0 Å². The van der Waals surface area contributed by atoms with Crippen molar-refractivity contribution in [2.45, 2.75) is 57.8 Å². The second-order valence-electron chi connectivity index (χ2n) is 5.00. The van der Waals surface area contributed by atoms with Crippen LogP contribution in [0.15, 0.2) is 0 Å². The van der Waals surface area contributed by atoms with E-state index in [0.717, 1.165) is 32.4 Å². The van der Waals surface area contributed by atoms with Crippen LogP contribution in [0.2, 0.25) is 0 Å². The normalized spacial score (nSPS) is 39.3. The molecule has 0 aromatic heterocycles. The predicted octanol–water partition coefficient (Wildman–Crippen LogP) is 1.61. The van der Waals surface area contributed by atoms with Crippen LogP contribution in [0.3, 0.4) is 0 Å². The molecule has 2 rings (SSSR count). The Balaban J connectivity index is 1.93. The molecule has 3 atom stereocenters. The van der Waals surface area contributed by atoms with Crippen molar-refractivity contribution in [1.29, 1.82) is 0 Å². The molecule has 0 spiro atoms. The summed E-state index contributed by atoms with van der Waals surface area (Å²) in [5.41, 5.74) is 0. The molecule has 86 valence electrons. The Kier molecular flexibility index (Phi) is 3.42. The van der Waals surface area contributed by atoms with Gasteiger partial charge in [0.15, 0.2) is 0 Å². The zero-order chi connectivity index (χ0) is 10.8. The van der Waals surface area contributed by atoms with E-state index in [1.54, 1.807) is 0 Å². The first-order valence-electron chi connectivity index (χ1n) is 6.06. The van der Waals surface area contributed by atoms with Crippen molar-refractivity contribution in [1.82, 2.24) is 4.90 Å². The fraction of sp³-hybridized carbons (Fsp3) is 0.917. The molecule has 0 aromatic carbocycles. The monoisotopic (exact) mass is 211 g/mol. The Hall–Kier alpha value is -0.410. The fourth-order valence-corrected chi connectivity index (χ4v) is 2.83. The zero-order valence-corrected chi connectivity index (χ0v) is 9.74. The zero-order valence-electron chi connectivity index (χ0n) is 9.74. The number of carbonyl (C=O) groups excluding carboxylic acids is 1. The van der Waals surface area contributed by atoms with E-state index >= 15 is 0 Å². The summed E-state index contributed by atoms with van der Waals surface area (Å²) in [5.74, 6) is 0.443. The number of Topliss-reactive ketones (excluding diaryl/α,β-unsaturated/α-hetero) is 1. The first kappa shape index (κ1) is 11.1. The minimum Gasteiger partial charge on any atom is -0.373 e. The van der Waals surface area contributed by atoms with Gasteiger partial charge < -0.3 is 4.74 Å². The van der Waals surface area contributed by atoms with Gasteiger partial charge in [0.2, 0.25) is 0 Å².